The maximum Gasteiger partial charge on any atom is 0.0843 e. The number of rotatable bonds is 6. The summed E-state index contributed by atoms with van der Waals surface area (Å²) >= 11 is 8.91. The zero-order chi connectivity index (χ0) is 11.8. The van der Waals surface area contributed by atoms with Gasteiger partial charge in [-0.1, -0.05) is 0 Å². The zero-order valence-corrected chi connectivity index (χ0v) is 13.7. The largest absolute Gasteiger partial charge is 0.312 e. The van der Waals surface area contributed by atoms with Gasteiger partial charge in [0.05, 0.1) is 3.79 Å². The molecule has 1 aromatic heterocycles. The van der Waals surface area contributed by atoms with Gasteiger partial charge in [-0.15, -0.1) is 11.3 Å². The zero-order valence-electron chi connectivity index (χ0n) is 9.72. The van der Waals surface area contributed by atoms with Gasteiger partial charge in [0.1, 0.15) is 0 Å². The highest BCUT2D eigenvalue weighted by Crippen LogP contribution is 2.48. The summed E-state index contributed by atoms with van der Waals surface area (Å²) in [4.78, 5) is 1.41. The molecule has 0 aromatic carbocycles. The van der Waals surface area contributed by atoms with E-state index in [2.05, 4.69) is 43.2 Å². The quantitative estimate of drug-likeness (QED) is 0.749. The van der Waals surface area contributed by atoms with E-state index >= 15 is 0 Å². The van der Waals surface area contributed by atoms with Crippen LogP contribution < -0.4 is 5.32 Å². The van der Waals surface area contributed by atoms with Gasteiger partial charge in [-0.2, -0.15) is 0 Å². The van der Waals surface area contributed by atoms with Gasteiger partial charge in [-0.25, -0.2) is 0 Å². The molecule has 2 aliphatic rings. The lowest BCUT2D eigenvalue weighted by atomic mass is 9.98. The number of nitrogens with one attached hydrogen (secondary N) is 1. The van der Waals surface area contributed by atoms with Crippen molar-refractivity contribution in [2.75, 3.05) is 6.54 Å². The van der Waals surface area contributed by atoms with Crippen molar-refractivity contribution in [3.63, 3.8) is 0 Å². The smallest absolute Gasteiger partial charge is 0.0843 e. The lowest BCUT2D eigenvalue weighted by Gasteiger charge is -2.15. The van der Waals surface area contributed by atoms with Crippen LogP contribution in [0.5, 0.6) is 0 Å². The maximum absolute atomic E-state index is 3.65. The summed E-state index contributed by atoms with van der Waals surface area (Å²) < 4.78 is 2.38. The molecule has 3 rings (SSSR count). The molecule has 1 aromatic rings. The van der Waals surface area contributed by atoms with Crippen LogP contribution in [0.3, 0.4) is 0 Å². The van der Waals surface area contributed by atoms with Crippen LogP contribution in [0.1, 0.15) is 30.6 Å². The van der Waals surface area contributed by atoms with Crippen molar-refractivity contribution in [3.05, 3.63) is 19.2 Å². The fraction of sp³-hybridized carbons (Fsp3) is 0.692. The standard InChI is InChI=1S/C13H17Br2NS/c14-12-5-10(17-13(12)15)6-16-7-11(8-1-2-8)9-3-4-9/h5,8-9,11,16H,1-4,6-7H2. The SMILES string of the molecule is Brc1cc(CNCC(C2CC2)C2CC2)sc1Br. The van der Waals surface area contributed by atoms with Crippen molar-refractivity contribution in [1.82, 2.24) is 5.32 Å². The van der Waals surface area contributed by atoms with Crippen LogP contribution in [-0.4, -0.2) is 6.54 Å². The Morgan fingerprint density at radius 1 is 1.24 bits per heavy atom. The molecule has 0 bridgehead atoms. The minimum atomic E-state index is 0.974. The van der Waals surface area contributed by atoms with E-state index in [-0.39, 0.29) is 0 Å². The molecule has 0 aliphatic heterocycles. The van der Waals surface area contributed by atoms with Gasteiger partial charge >= 0.3 is 0 Å². The van der Waals surface area contributed by atoms with Gasteiger partial charge in [0.25, 0.3) is 0 Å². The third-order valence-electron chi connectivity index (χ3n) is 3.83. The Hall–Kier alpha value is 0.620. The molecule has 17 heavy (non-hydrogen) atoms. The highest BCUT2D eigenvalue weighted by atomic mass is 79.9. The minimum Gasteiger partial charge on any atom is -0.312 e. The van der Waals surface area contributed by atoms with Crippen LogP contribution in [-0.2, 0) is 6.54 Å². The Morgan fingerprint density at radius 3 is 2.35 bits per heavy atom. The van der Waals surface area contributed by atoms with Crippen molar-refractivity contribution in [2.45, 2.75) is 32.2 Å². The Bertz CT molecular complexity index is 365. The molecule has 0 spiro atoms. The lowest BCUT2D eigenvalue weighted by Crippen LogP contribution is -2.24. The lowest BCUT2D eigenvalue weighted by molar-refractivity contribution is 0.379. The van der Waals surface area contributed by atoms with Crippen LogP contribution in [0.4, 0.5) is 0 Å². The third-order valence-corrected chi connectivity index (χ3v) is 7.09. The van der Waals surface area contributed by atoms with Crippen LogP contribution in [0.25, 0.3) is 0 Å². The molecular weight excluding hydrogens is 362 g/mol. The van der Waals surface area contributed by atoms with Crippen LogP contribution in [0.2, 0.25) is 0 Å². The molecular formula is C13H17Br2NS. The topological polar surface area (TPSA) is 12.0 Å². The van der Waals surface area contributed by atoms with Crippen LogP contribution >= 0.6 is 43.2 Å². The summed E-state index contributed by atoms with van der Waals surface area (Å²) in [5.41, 5.74) is 0. The summed E-state index contributed by atoms with van der Waals surface area (Å²) in [7, 11) is 0. The summed E-state index contributed by atoms with van der Waals surface area (Å²) in [5, 5.41) is 3.65. The van der Waals surface area contributed by atoms with Gasteiger partial charge < -0.3 is 5.32 Å². The molecule has 0 atom stereocenters. The molecule has 1 nitrogen and oxygen atoms in total. The van der Waals surface area contributed by atoms with Gasteiger partial charge in [0.2, 0.25) is 0 Å². The highest BCUT2D eigenvalue weighted by Gasteiger charge is 2.40. The first-order valence-corrected chi connectivity index (χ1v) is 8.78. The van der Waals surface area contributed by atoms with Crippen molar-refractivity contribution in [1.29, 1.82) is 0 Å². The van der Waals surface area contributed by atoms with E-state index < -0.39 is 0 Å². The van der Waals surface area contributed by atoms with Crippen molar-refractivity contribution in [3.8, 4) is 0 Å². The summed E-state index contributed by atoms with van der Waals surface area (Å²) in [6.45, 7) is 2.24. The molecule has 0 radical (unpaired) electrons. The number of hydrogen-bond acceptors (Lipinski definition) is 2. The summed E-state index contributed by atoms with van der Waals surface area (Å²) in [5.74, 6) is 3.08. The van der Waals surface area contributed by atoms with Gasteiger partial charge in [-0.05, 0) is 87.9 Å². The molecule has 1 heterocycles. The Morgan fingerprint density at radius 2 is 1.88 bits per heavy atom. The third kappa shape index (κ3) is 3.34. The van der Waals surface area contributed by atoms with E-state index in [1.807, 2.05) is 11.3 Å². The average molecular weight is 379 g/mol. The normalized spacial score (nSPS) is 20.2. The molecule has 94 valence electrons. The van der Waals surface area contributed by atoms with Gasteiger partial charge in [-0.3, -0.25) is 0 Å². The molecule has 0 unspecified atom stereocenters. The van der Waals surface area contributed by atoms with E-state index in [1.54, 1.807) is 0 Å². The Labute approximate surface area is 124 Å². The molecule has 2 fully saturated rings. The first-order valence-electron chi connectivity index (χ1n) is 6.38. The van der Waals surface area contributed by atoms with Crippen LogP contribution in [0, 0.1) is 17.8 Å². The second-order valence-electron chi connectivity index (χ2n) is 5.30. The highest BCUT2D eigenvalue weighted by molar-refractivity contribution is 9.13. The fourth-order valence-corrected chi connectivity index (χ4v) is 4.75. The second kappa shape index (κ2) is 5.32. The molecule has 2 saturated carbocycles. The van der Waals surface area contributed by atoms with E-state index in [0.29, 0.717) is 0 Å². The maximum atomic E-state index is 3.65. The van der Waals surface area contributed by atoms with Crippen LogP contribution in [0.15, 0.2) is 14.3 Å². The fourth-order valence-electron chi connectivity index (χ4n) is 2.61. The molecule has 0 saturated heterocycles. The monoisotopic (exact) mass is 377 g/mol. The van der Waals surface area contributed by atoms with Crippen molar-refractivity contribution >= 4 is 43.2 Å². The number of thiophene rings is 1. The summed E-state index contributed by atoms with van der Waals surface area (Å²) in [6, 6.07) is 2.21. The van der Waals surface area contributed by atoms with E-state index in [0.717, 1.165) is 24.3 Å². The van der Waals surface area contributed by atoms with E-state index in [4.69, 9.17) is 0 Å². The summed E-state index contributed by atoms with van der Waals surface area (Å²) in [6.07, 6.45) is 5.94. The molecule has 2 aliphatic carbocycles. The first-order chi connectivity index (χ1) is 8.24. The van der Waals surface area contributed by atoms with Gasteiger partial charge in [0.15, 0.2) is 0 Å². The number of halogens is 2. The first kappa shape index (κ1) is 12.6. The molecule has 1 N–H and O–H groups in total. The van der Waals surface area contributed by atoms with Crippen molar-refractivity contribution < 1.29 is 0 Å². The number of hydrogen-bond donors (Lipinski definition) is 1. The van der Waals surface area contributed by atoms with Crippen molar-refractivity contribution in [2.24, 2.45) is 17.8 Å². The average Bonchev–Trinajstić information content (AvgIpc) is 3.16. The predicted molar refractivity (Wildman–Crippen MR) is 80.4 cm³/mol. The predicted octanol–water partition coefficient (Wildman–Crippen LogP) is 4.80. The minimum absolute atomic E-state index is 0.974. The Kier molecular flexibility index (Phi) is 3.95. The van der Waals surface area contributed by atoms with Gasteiger partial charge in [0, 0.05) is 15.9 Å². The second-order valence-corrected chi connectivity index (χ2v) is 8.61. The molecule has 4 heteroatoms. The van der Waals surface area contributed by atoms with E-state index in [9.17, 15) is 0 Å². The van der Waals surface area contributed by atoms with E-state index in [1.165, 1.54) is 45.4 Å². The Balaban J connectivity index is 1.47. The molecule has 0 amide bonds.